The van der Waals surface area contributed by atoms with Gasteiger partial charge in [0, 0.05) is 42.7 Å². The van der Waals surface area contributed by atoms with Crippen LogP contribution in [0.3, 0.4) is 0 Å². The molecule has 1 aromatic carbocycles. The number of hydrogen-bond acceptors (Lipinski definition) is 5. The fraction of sp³-hybridized carbons (Fsp3) is 0.345. The van der Waals surface area contributed by atoms with E-state index in [1.807, 2.05) is 41.8 Å². The number of likely N-dealkylation sites (tertiary alicyclic amines) is 1. The third-order valence-electron chi connectivity index (χ3n) is 8.02. The highest BCUT2D eigenvalue weighted by molar-refractivity contribution is 6.02. The molecule has 0 saturated carbocycles. The molecule has 0 bridgehead atoms. The summed E-state index contributed by atoms with van der Waals surface area (Å²) in [5, 5.41) is 14.6. The van der Waals surface area contributed by atoms with Crippen molar-refractivity contribution in [2.75, 3.05) is 13.1 Å². The number of rotatable bonds is 4. The quantitative estimate of drug-likeness (QED) is 0.408. The van der Waals surface area contributed by atoms with Crippen molar-refractivity contribution in [3.05, 3.63) is 71.3 Å². The van der Waals surface area contributed by atoms with E-state index in [4.69, 9.17) is 0 Å². The summed E-state index contributed by atoms with van der Waals surface area (Å²) in [5.41, 5.74) is 4.43. The highest BCUT2D eigenvalue weighted by Gasteiger charge is 2.43. The monoisotopic (exact) mass is 511 g/mol. The van der Waals surface area contributed by atoms with E-state index < -0.39 is 5.97 Å². The largest absolute Gasteiger partial charge is 0.478 e. The van der Waals surface area contributed by atoms with Gasteiger partial charge < -0.3 is 15.0 Å². The summed E-state index contributed by atoms with van der Waals surface area (Å²) in [7, 11) is 0. The van der Waals surface area contributed by atoms with Gasteiger partial charge in [-0.05, 0) is 73.9 Å². The lowest BCUT2D eigenvalue weighted by molar-refractivity contribution is 0.0513. The Morgan fingerprint density at radius 3 is 2.63 bits per heavy atom. The van der Waals surface area contributed by atoms with Crippen LogP contribution in [0.2, 0.25) is 0 Å². The third-order valence-corrected chi connectivity index (χ3v) is 8.02. The van der Waals surface area contributed by atoms with E-state index in [9.17, 15) is 19.5 Å². The second-order valence-corrected chi connectivity index (χ2v) is 10.8. The molecule has 194 valence electrons. The van der Waals surface area contributed by atoms with Crippen LogP contribution in [0.1, 0.15) is 76.1 Å². The summed E-state index contributed by atoms with van der Waals surface area (Å²) in [6, 6.07) is 10.5. The molecule has 9 heteroatoms. The molecule has 2 N–H and O–H groups in total. The smallest absolute Gasteiger partial charge is 0.335 e. The summed E-state index contributed by atoms with van der Waals surface area (Å²) in [6.45, 7) is 5.22. The first kappa shape index (κ1) is 24.1. The van der Waals surface area contributed by atoms with E-state index >= 15 is 0 Å². The van der Waals surface area contributed by atoms with Crippen molar-refractivity contribution >= 4 is 28.7 Å². The number of carbonyl (C=O) groups is 3. The molecule has 2 aliphatic rings. The van der Waals surface area contributed by atoms with E-state index in [0.29, 0.717) is 30.9 Å². The Balaban J connectivity index is 1.21. The first-order valence-electron chi connectivity index (χ1n) is 12.9. The SMILES string of the molecule is CC(C)n1ncc2c1C(=O)CC1(CCN(C(=O)c3cc4c(-c5cccc(C(=O)O)c5)ccnc4[nH]3)CC1)C2. The van der Waals surface area contributed by atoms with Crippen LogP contribution in [0.5, 0.6) is 0 Å². The Kier molecular flexibility index (Phi) is 5.66. The van der Waals surface area contributed by atoms with Crippen molar-refractivity contribution in [3.63, 3.8) is 0 Å². The van der Waals surface area contributed by atoms with Crippen molar-refractivity contribution < 1.29 is 19.5 Å². The summed E-state index contributed by atoms with van der Waals surface area (Å²) in [6.07, 6.45) is 6.33. The third kappa shape index (κ3) is 3.98. The predicted octanol–water partition coefficient (Wildman–Crippen LogP) is 4.76. The lowest BCUT2D eigenvalue weighted by Gasteiger charge is -2.43. The normalized spacial score (nSPS) is 16.8. The number of nitrogens with one attached hydrogen (secondary N) is 1. The van der Waals surface area contributed by atoms with Crippen LogP contribution in [-0.2, 0) is 6.42 Å². The molecule has 1 aliphatic carbocycles. The molecule has 0 atom stereocenters. The van der Waals surface area contributed by atoms with Crippen molar-refractivity contribution in [3.8, 4) is 11.1 Å². The van der Waals surface area contributed by atoms with Crippen LogP contribution in [-0.4, -0.2) is 60.5 Å². The number of aromatic carboxylic acids is 1. The molecule has 4 heterocycles. The number of Topliss-reactive ketones (excluding diaryl/α,β-unsaturated/α-hetero) is 1. The number of amides is 1. The molecule has 4 aromatic rings. The Bertz CT molecular complexity index is 1590. The van der Waals surface area contributed by atoms with Crippen LogP contribution in [0, 0.1) is 5.41 Å². The number of carboxylic acids is 1. The molecule has 6 rings (SSSR count). The number of nitrogens with zero attached hydrogens (tertiary/aromatic N) is 4. The van der Waals surface area contributed by atoms with Crippen LogP contribution in [0.25, 0.3) is 22.2 Å². The lowest BCUT2D eigenvalue weighted by atomic mass is 9.67. The van der Waals surface area contributed by atoms with Gasteiger partial charge in [-0.2, -0.15) is 5.10 Å². The van der Waals surface area contributed by atoms with Crippen LogP contribution in [0.15, 0.2) is 48.8 Å². The van der Waals surface area contributed by atoms with E-state index in [0.717, 1.165) is 47.0 Å². The minimum atomic E-state index is -0.991. The van der Waals surface area contributed by atoms with E-state index in [-0.39, 0.29) is 28.7 Å². The van der Waals surface area contributed by atoms with Gasteiger partial charge in [-0.3, -0.25) is 14.3 Å². The Morgan fingerprint density at radius 2 is 1.89 bits per heavy atom. The van der Waals surface area contributed by atoms with E-state index in [1.54, 1.807) is 30.5 Å². The van der Waals surface area contributed by atoms with Crippen LogP contribution < -0.4 is 0 Å². The summed E-state index contributed by atoms with van der Waals surface area (Å²) in [5.74, 6) is -0.938. The Hall–Kier alpha value is -4.27. The molecule has 1 amide bonds. The number of piperidine rings is 1. The van der Waals surface area contributed by atoms with Gasteiger partial charge in [-0.1, -0.05) is 12.1 Å². The average Bonchev–Trinajstić information content (AvgIpc) is 3.53. The lowest BCUT2D eigenvalue weighted by Crippen LogP contribution is -2.46. The van der Waals surface area contributed by atoms with Gasteiger partial charge >= 0.3 is 5.97 Å². The molecule has 0 radical (unpaired) electrons. The maximum Gasteiger partial charge on any atom is 0.335 e. The molecule has 38 heavy (non-hydrogen) atoms. The molecule has 1 fully saturated rings. The molecular formula is C29H29N5O4. The van der Waals surface area contributed by atoms with Crippen LogP contribution >= 0.6 is 0 Å². The number of aromatic nitrogens is 4. The number of benzene rings is 1. The van der Waals surface area contributed by atoms with Crippen molar-refractivity contribution in [1.82, 2.24) is 24.6 Å². The molecule has 1 saturated heterocycles. The van der Waals surface area contributed by atoms with Gasteiger partial charge in [0.1, 0.15) is 17.0 Å². The number of aromatic amines is 1. The van der Waals surface area contributed by atoms with Gasteiger partial charge in [0.25, 0.3) is 5.91 Å². The highest BCUT2D eigenvalue weighted by Crippen LogP contribution is 2.44. The number of ketones is 1. The fourth-order valence-corrected chi connectivity index (χ4v) is 6.04. The second-order valence-electron chi connectivity index (χ2n) is 10.8. The number of pyridine rings is 1. The molecule has 0 unspecified atom stereocenters. The Morgan fingerprint density at radius 1 is 1.11 bits per heavy atom. The van der Waals surface area contributed by atoms with Gasteiger partial charge in [0.2, 0.25) is 0 Å². The van der Waals surface area contributed by atoms with Gasteiger partial charge in [-0.25, -0.2) is 9.78 Å². The Labute approximate surface area is 219 Å². The first-order chi connectivity index (χ1) is 18.2. The van der Waals surface area contributed by atoms with E-state index in [1.165, 1.54) is 0 Å². The molecular weight excluding hydrogens is 482 g/mol. The molecule has 9 nitrogen and oxygen atoms in total. The fourth-order valence-electron chi connectivity index (χ4n) is 6.04. The number of fused-ring (bicyclic) bond motifs is 2. The number of carboxylic acid groups (broad SMARTS) is 1. The summed E-state index contributed by atoms with van der Waals surface area (Å²) in [4.78, 5) is 47.4. The number of H-pyrrole nitrogens is 1. The first-order valence-corrected chi connectivity index (χ1v) is 12.9. The zero-order valence-electron chi connectivity index (χ0n) is 21.4. The standard InChI is InChI=1S/C29H29N5O4/c1-17(2)34-25-20(16-31-34)14-29(15-24(25)35)7-10-33(11-8-29)27(36)23-13-22-21(6-9-30-26(22)32-23)18-4-3-5-19(12-18)28(37)38/h3-6,9,12-13,16-17H,7-8,10-11,14-15H2,1-2H3,(H,30,32)(H,37,38). The second kappa shape index (κ2) is 8.93. The molecule has 1 spiro atoms. The van der Waals surface area contributed by atoms with E-state index in [2.05, 4.69) is 15.1 Å². The average molecular weight is 512 g/mol. The highest BCUT2D eigenvalue weighted by atomic mass is 16.4. The minimum Gasteiger partial charge on any atom is -0.478 e. The number of carbonyl (C=O) groups excluding carboxylic acids is 2. The van der Waals surface area contributed by atoms with Gasteiger partial charge in [0.15, 0.2) is 5.78 Å². The minimum absolute atomic E-state index is 0.0986. The summed E-state index contributed by atoms with van der Waals surface area (Å²) >= 11 is 0. The van der Waals surface area contributed by atoms with Crippen molar-refractivity contribution in [2.45, 2.75) is 45.6 Å². The van der Waals surface area contributed by atoms with Crippen LogP contribution in [0.4, 0.5) is 0 Å². The maximum absolute atomic E-state index is 13.5. The van der Waals surface area contributed by atoms with Gasteiger partial charge in [0.05, 0.1) is 11.8 Å². The zero-order valence-corrected chi connectivity index (χ0v) is 21.4. The van der Waals surface area contributed by atoms with Gasteiger partial charge in [-0.15, -0.1) is 0 Å². The zero-order chi connectivity index (χ0) is 26.6. The molecule has 1 aliphatic heterocycles. The summed E-state index contributed by atoms with van der Waals surface area (Å²) < 4.78 is 1.83. The maximum atomic E-state index is 13.5. The predicted molar refractivity (Wildman–Crippen MR) is 141 cm³/mol. The number of hydrogen-bond donors (Lipinski definition) is 2. The topological polar surface area (TPSA) is 121 Å². The van der Waals surface area contributed by atoms with Crippen molar-refractivity contribution in [2.24, 2.45) is 5.41 Å². The molecule has 3 aromatic heterocycles. The van der Waals surface area contributed by atoms with Crippen molar-refractivity contribution in [1.29, 1.82) is 0 Å².